The summed E-state index contributed by atoms with van der Waals surface area (Å²) >= 11 is 0. The molecule has 3 aromatic rings. The molecule has 3 heterocycles. The van der Waals surface area contributed by atoms with Crippen molar-refractivity contribution in [1.29, 1.82) is 0 Å². The van der Waals surface area contributed by atoms with Crippen molar-refractivity contribution in [1.82, 2.24) is 19.5 Å². The van der Waals surface area contributed by atoms with Gasteiger partial charge in [-0.05, 0) is 12.5 Å². The van der Waals surface area contributed by atoms with E-state index in [9.17, 15) is 5.21 Å². The van der Waals surface area contributed by atoms with E-state index in [-0.39, 0.29) is 0 Å². The summed E-state index contributed by atoms with van der Waals surface area (Å²) in [6, 6.07) is 3.60. The smallest absolute Gasteiger partial charge is 0.180 e. The van der Waals surface area contributed by atoms with Crippen LogP contribution in [0.25, 0.3) is 11.2 Å². The fourth-order valence-electron chi connectivity index (χ4n) is 2.39. The van der Waals surface area contributed by atoms with E-state index >= 15 is 0 Å². The van der Waals surface area contributed by atoms with Gasteiger partial charge in [-0.25, -0.2) is 9.97 Å². The van der Waals surface area contributed by atoms with Gasteiger partial charge in [-0.15, -0.1) is 0 Å². The van der Waals surface area contributed by atoms with Crippen molar-refractivity contribution in [3.8, 4) is 0 Å². The van der Waals surface area contributed by atoms with Crippen molar-refractivity contribution in [2.45, 2.75) is 33.2 Å². The Balaban J connectivity index is 2.11. The van der Waals surface area contributed by atoms with Crippen LogP contribution in [0.15, 0.2) is 35.8 Å². The van der Waals surface area contributed by atoms with Crippen molar-refractivity contribution in [3.05, 3.63) is 52.9 Å². The van der Waals surface area contributed by atoms with Gasteiger partial charge in [0.15, 0.2) is 23.5 Å². The zero-order chi connectivity index (χ0) is 16.4. The maximum Gasteiger partial charge on any atom is 0.180 e. The quantitative estimate of drug-likeness (QED) is 0.585. The Morgan fingerprint density at radius 1 is 1.35 bits per heavy atom. The first-order chi connectivity index (χ1) is 11.1. The lowest BCUT2D eigenvalue weighted by molar-refractivity contribution is -0.605. The standard InChI is InChI=1S/C16H20N6O/c1-4-17-15-13-16(20-14(19-13)11(2)3)21(10-18-15)9-12-5-7-22(23)8-6-12/h5-8,10-11H,4,9H2,1-3H3,(H,19,20). The summed E-state index contributed by atoms with van der Waals surface area (Å²) in [6.45, 7) is 7.44. The summed E-state index contributed by atoms with van der Waals surface area (Å²) < 4.78 is 2.74. The van der Waals surface area contributed by atoms with Crippen LogP contribution in [0.3, 0.4) is 0 Å². The Morgan fingerprint density at radius 3 is 2.74 bits per heavy atom. The van der Waals surface area contributed by atoms with Crippen molar-refractivity contribution in [2.24, 2.45) is 4.99 Å². The van der Waals surface area contributed by atoms with Crippen LogP contribution in [0.4, 0.5) is 0 Å². The van der Waals surface area contributed by atoms with Crippen molar-refractivity contribution in [2.75, 3.05) is 6.54 Å². The van der Waals surface area contributed by atoms with E-state index in [4.69, 9.17) is 4.98 Å². The molecule has 0 radical (unpaired) electrons. The number of hydrogen-bond donors (Lipinski definition) is 1. The number of aromatic amines is 1. The molecule has 3 aromatic heterocycles. The molecule has 120 valence electrons. The molecule has 0 saturated heterocycles. The van der Waals surface area contributed by atoms with Crippen LogP contribution in [0.2, 0.25) is 0 Å². The molecule has 0 aliphatic rings. The van der Waals surface area contributed by atoms with E-state index in [0.29, 0.717) is 24.5 Å². The summed E-state index contributed by atoms with van der Waals surface area (Å²) in [5, 5.41) is 11.1. The summed E-state index contributed by atoms with van der Waals surface area (Å²) in [4.78, 5) is 16.9. The lowest BCUT2D eigenvalue weighted by atomic mass is 10.2. The van der Waals surface area contributed by atoms with Crippen LogP contribution < -0.4 is 10.2 Å². The third-order valence-electron chi connectivity index (χ3n) is 3.60. The van der Waals surface area contributed by atoms with Crippen LogP contribution >= 0.6 is 0 Å². The average molecular weight is 312 g/mol. The summed E-state index contributed by atoms with van der Waals surface area (Å²) in [5.74, 6) is 1.21. The number of aromatic nitrogens is 5. The molecule has 0 unspecified atom stereocenters. The van der Waals surface area contributed by atoms with Gasteiger partial charge in [-0.3, -0.25) is 4.99 Å². The maximum absolute atomic E-state index is 11.1. The zero-order valence-electron chi connectivity index (χ0n) is 13.5. The molecule has 7 nitrogen and oxygen atoms in total. The average Bonchev–Trinajstić information content (AvgIpc) is 2.98. The summed E-state index contributed by atoms with van der Waals surface area (Å²) in [6.07, 6.45) is 4.73. The van der Waals surface area contributed by atoms with E-state index < -0.39 is 0 Å². The number of hydrogen-bond acceptors (Lipinski definition) is 4. The van der Waals surface area contributed by atoms with Gasteiger partial charge in [0.25, 0.3) is 0 Å². The van der Waals surface area contributed by atoms with Gasteiger partial charge in [-0.1, -0.05) is 13.8 Å². The lowest BCUT2D eigenvalue weighted by Gasteiger charge is -2.07. The first-order valence-electron chi connectivity index (χ1n) is 7.71. The highest BCUT2D eigenvalue weighted by Gasteiger charge is 2.12. The van der Waals surface area contributed by atoms with Crippen molar-refractivity contribution < 1.29 is 4.73 Å². The number of imidazole rings is 1. The second-order valence-corrected chi connectivity index (χ2v) is 5.71. The lowest BCUT2D eigenvalue weighted by Crippen LogP contribution is -2.24. The first-order valence-corrected chi connectivity index (χ1v) is 7.71. The fraction of sp³-hybridized carbons (Fsp3) is 0.375. The fourth-order valence-corrected chi connectivity index (χ4v) is 2.39. The van der Waals surface area contributed by atoms with Crippen molar-refractivity contribution >= 4 is 11.2 Å². The molecule has 0 atom stereocenters. The highest BCUT2D eigenvalue weighted by atomic mass is 16.5. The van der Waals surface area contributed by atoms with E-state index in [1.54, 1.807) is 18.5 Å². The van der Waals surface area contributed by atoms with E-state index in [1.165, 1.54) is 12.4 Å². The van der Waals surface area contributed by atoms with Crippen LogP contribution in [0.5, 0.6) is 0 Å². The zero-order valence-corrected chi connectivity index (χ0v) is 13.5. The van der Waals surface area contributed by atoms with Gasteiger partial charge in [0, 0.05) is 24.6 Å². The number of fused-ring (bicyclic) bond motifs is 1. The van der Waals surface area contributed by atoms with E-state index in [2.05, 4.69) is 28.8 Å². The van der Waals surface area contributed by atoms with Crippen LogP contribution in [0.1, 0.15) is 38.1 Å². The Labute approximate surface area is 134 Å². The molecule has 0 aliphatic carbocycles. The first kappa shape index (κ1) is 15.2. The largest absolute Gasteiger partial charge is 0.619 e. The minimum absolute atomic E-state index is 0.293. The molecule has 0 aliphatic heterocycles. The molecule has 23 heavy (non-hydrogen) atoms. The molecular weight excluding hydrogens is 292 g/mol. The molecule has 0 bridgehead atoms. The predicted octanol–water partition coefficient (Wildman–Crippen LogP) is 1.49. The summed E-state index contributed by atoms with van der Waals surface area (Å²) in [5.41, 5.74) is 3.38. The number of H-pyrrole nitrogens is 1. The molecule has 0 amide bonds. The number of pyridine rings is 1. The molecule has 0 fully saturated rings. The molecule has 0 saturated carbocycles. The normalized spacial score (nSPS) is 12.4. The molecule has 3 rings (SSSR count). The minimum Gasteiger partial charge on any atom is -0.619 e. The van der Waals surface area contributed by atoms with Gasteiger partial charge in [0.2, 0.25) is 0 Å². The van der Waals surface area contributed by atoms with Gasteiger partial charge in [0.05, 0.1) is 12.9 Å². The van der Waals surface area contributed by atoms with E-state index in [1.807, 2.05) is 11.5 Å². The molecular formula is C16H20N6O. The Hall–Kier alpha value is -2.70. The van der Waals surface area contributed by atoms with Crippen LogP contribution in [-0.4, -0.2) is 26.1 Å². The number of rotatable bonds is 4. The predicted molar refractivity (Wildman–Crippen MR) is 86.6 cm³/mol. The van der Waals surface area contributed by atoms with Crippen LogP contribution in [0, 0.1) is 5.21 Å². The Morgan fingerprint density at radius 2 is 2.09 bits per heavy atom. The SMILES string of the molecule is CCN=c1ncn(Cc2cc[n+]([O-])cc2)c2nc(C(C)C)[nH]c12. The Bertz CT molecular complexity index is 876. The second kappa shape index (κ2) is 6.20. The van der Waals surface area contributed by atoms with Crippen molar-refractivity contribution in [3.63, 3.8) is 0 Å². The monoisotopic (exact) mass is 312 g/mol. The topological polar surface area (TPSA) is 85.8 Å². The number of nitrogens with one attached hydrogen (secondary N) is 1. The number of nitrogens with zero attached hydrogens (tertiary/aromatic N) is 5. The molecule has 1 N–H and O–H groups in total. The third-order valence-corrected chi connectivity index (χ3v) is 3.60. The van der Waals surface area contributed by atoms with Crippen LogP contribution in [-0.2, 0) is 6.54 Å². The minimum atomic E-state index is 0.293. The van der Waals surface area contributed by atoms with E-state index in [0.717, 1.165) is 27.3 Å². The highest BCUT2D eigenvalue weighted by Crippen LogP contribution is 2.15. The second-order valence-electron chi connectivity index (χ2n) is 5.71. The molecule has 0 spiro atoms. The van der Waals surface area contributed by atoms with Gasteiger partial charge < -0.3 is 14.8 Å². The Kier molecular flexibility index (Phi) is 4.10. The maximum atomic E-state index is 11.1. The summed E-state index contributed by atoms with van der Waals surface area (Å²) in [7, 11) is 0. The molecule has 7 heteroatoms. The van der Waals surface area contributed by atoms with Gasteiger partial charge in [0.1, 0.15) is 11.3 Å². The highest BCUT2D eigenvalue weighted by molar-refractivity contribution is 5.69. The molecule has 0 aromatic carbocycles. The third kappa shape index (κ3) is 3.08. The van der Waals surface area contributed by atoms with Gasteiger partial charge in [-0.2, -0.15) is 4.73 Å². The van der Waals surface area contributed by atoms with Gasteiger partial charge >= 0.3 is 0 Å².